The second-order valence-electron chi connectivity index (χ2n) is 5.12. The standard InChI is InChI=1S/C16H23NO/c1-14(10-15-6-3-2-4-7-15)11-17-12-16-8-5-9-18-13-16/h2-4,6-7,10,16-17H,5,8-9,11-13H2,1H3/b14-10-. The van der Waals surface area contributed by atoms with Gasteiger partial charge in [-0.05, 0) is 31.2 Å². The fourth-order valence-electron chi connectivity index (χ4n) is 2.33. The molecule has 1 saturated heterocycles. The zero-order valence-corrected chi connectivity index (χ0v) is 11.2. The van der Waals surface area contributed by atoms with E-state index in [0.717, 1.165) is 26.3 Å². The monoisotopic (exact) mass is 245 g/mol. The Kier molecular flexibility index (Phi) is 5.43. The average Bonchev–Trinajstić information content (AvgIpc) is 2.41. The summed E-state index contributed by atoms with van der Waals surface area (Å²) in [5, 5.41) is 3.53. The highest BCUT2D eigenvalue weighted by Crippen LogP contribution is 2.12. The molecule has 1 heterocycles. The predicted octanol–water partition coefficient (Wildman–Crippen LogP) is 3.11. The smallest absolute Gasteiger partial charge is 0.0506 e. The number of ether oxygens (including phenoxy) is 1. The molecule has 98 valence electrons. The van der Waals surface area contributed by atoms with Crippen LogP contribution < -0.4 is 5.32 Å². The van der Waals surface area contributed by atoms with Crippen molar-refractivity contribution in [3.63, 3.8) is 0 Å². The lowest BCUT2D eigenvalue weighted by molar-refractivity contribution is 0.0552. The van der Waals surface area contributed by atoms with Gasteiger partial charge in [0.25, 0.3) is 0 Å². The lowest BCUT2D eigenvalue weighted by atomic mass is 10.0. The van der Waals surface area contributed by atoms with Gasteiger partial charge in [-0.1, -0.05) is 42.0 Å². The summed E-state index contributed by atoms with van der Waals surface area (Å²) in [6.45, 7) is 6.08. The molecule has 2 rings (SSSR count). The Hall–Kier alpha value is -1.12. The number of hydrogen-bond donors (Lipinski definition) is 1. The minimum absolute atomic E-state index is 0.697. The Morgan fingerprint density at radius 1 is 1.39 bits per heavy atom. The largest absolute Gasteiger partial charge is 0.381 e. The summed E-state index contributed by atoms with van der Waals surface area (Å²) in [4.78, 5) is 0. The molecule has 0 bridgehead atoms. The van der Waals surface area contributed by atoms with E-state index >= 15 is 0 Å². The van der Waals surface area contributed by atoms with Crippen LogP contribution in [0.25, 0.3) is 6.08 Å². The van der Waals surface area contributed by atoms with Crippen molar-refractivity contribution in [2.24, 2.45) is 5.92 Å². The summed E-state index contributed by atoms with van der Waals surface area (Å²) in [6, 6.07) is 10.5. The van der Waals surface area contributed by atoms with Gasteiger partial charge in [-0.15, -0.1) is 0 Å². The molecule has 1 aliphatic heterocycles. The summed E-state index contributed by atoms with van der Waals surface area (Å²) < 4.78 is 5.48. The van der Waals surface area contributed by atoms with E-state index in [-0.39, 0.29) is 0 Å². The molecule has 1 fully saturated rings. The van der Waals surface area contributed by atoms with Crippen LogP contribution >= 0.6 is 0 Å². The molecule has 1 N–H and O–H groups in total. The summed E-state index contributed by atoms with van der Waals surface area (Å²) >= 11 is 0. The Morgan fingerprint density at radius 2 is 2.22 bits per heavy atom. The maximum absolute atomic E-state index is 5.48. The number of rotatable bonds is 5. The molecule has 0 aromatic heterocycles. The van der Waals surface area contributed by atoms with Crippen molar-refractivity contribution in [2.75, 3.05) is 26.3 Å². The molecule has 1 aromatic rings. The predicted molar refractivity (Wildman–Crippen MR) is 76.5 cm³/mol. The highest BCUT2D eigenvalue weighted by molar-refractivity contribution is 5.52. The molecule has 1 aromatic carbocycles. The third kappa shape index (κ3) is 4.63. The van der Waals surface area contributed by atoms with E-state index in [0.29, 0.717) is 5.92 Å². The fourth-order valence-corrected chi connectivity index (χ4v) is 2.33. The van der Waals surface area contributed by atoms with Gasteiger partial charge in [-0.25, -0.2) is 0 Å². The zero-order valence-electron chi connectivity index (χ0n) is 11.2. The van der Waals surface area contributed by atoms with Gasteiger partial charge in [0.2, 0.25) is 0 Å². The molecule has 0 radical (unpaired) electrons. The van der Waals surface area contributed by atoms with Crippen molar-refractivity contribution in [3.8, 4) is 0 Å². The van der Waals surface area contributed by atoms with Gasteiger partial charge in [0, 0.05) is 19.7 Å². The van der Waals surface area contributed by atoms with Crippen molar-refractivity contribution in [1.29, 1.82) is 0 Å². The molecule has 2 heteroatoms. The molecule has 1 atom stereocenters. The van der Waals surface area contributed by atoms with Gasteiger partial charge in [-0.3, -0.25) is 0 Å². The topological polar surface area (TPSA) is 21.3 Å². The van der Waals surface area contributed by atoms with E-state index in [9.17, 15) is 0 Å². The zero-order chi connectivity index (χ0) is 12.6. The Labute approximate surface area is 110 Å². The molecule has 0 saturated carbocycles. The van der Waals surface area contributed by atoms with Crippen LogP contribution in [0.5, 0.6) is 0 Å². The van der Waals surface area contributed by atoms with Crippen molar-refractivity contribution in [3.05, 3.63) is 41.5 Å². The van der Waals surface area contributed by atoms with E-state index in [1.165, 1.54) is 24.0 Å². The molecule has 0 aliphatic carbocycles. The maximum atomic E-state index is 5.48. The molecule has 0 spiro atoms. The molecule has 1 unspecified atom stereocenters. The molecule has 1 aliphatic rings. The first-order chi connectivity index (χ1) is 8.84. The maximum Gasteiger partial charge on any atom is 0.0506 e. The second-order valence-corrected chi connectivity index (χ2v) is 5.12. The minimum atomic E-state index is 0.697. The highest BCUT2D eigenvalue weighted by Gasteiger charge is 2.12. The van der Waals surface area contributed by atoms with Crippen molar-refractivity contribution in [2.45, 2.75) is 19.8 Å². The van der Waals surface area contributed by atoms with Crippen LogP contribution in [0.15, 0.2) is 35.9 Å². The minimum Gasteiger partial charge on any atom is -0.381 e. The summed E-state index contributed by atoms with van der Waals surface area (Å²) in [5.41, 5.74) is 2.65. The van der Waals surface area contributed by atoms with Crippen LogP contribution in [0.3, 0.4) is 0 Å². The molecular formula is C16H23NO. The van der Waals surface area contributed by atoms with Crippen LogP contribution in [-0.4, -0.2) is 26.3 Å². The SMILES string of the molecule is C/C(=C/c1ccccc1)CNCC1CCCOC1. The van der Waals surface area contributed by atoms with Crippen molar-refractivity contribution in [1.82, 2.24) is 5.32 Å². The lowest BCUT2D eigenvalue weighted by Gasteiger charge is -2.22. The normalized spacial score (nSPS) is 20.9. The first-order valence-corrected chi connectivity index (χ1v) is 6.85. The molecular weight excluding hydrogens is 222 g/mol. The van der Waals surface area contributed by atoms with Gasteiger partial charge in [0.05, 0.1) is 6.61 Å². The summed E-state index contributed by atoms with van der Waals surface area (Å²) in [5.74, 6) is 0.697. The van der Waals surface area contributed by atoms with E-state index in [1.54, 1.807) is 0 Å². The van der Waals surface area contributed by atoms with Crippen LogP contribution in [-0.2, 0) is 4.74 Å². The average molecular weight is 245 g/mol. The number of nitrogens with one attached hydrogen (secondary N) is 1. The Bertz CT molecular complexity index is 366. The second kappa shape index (κ2) is 7.34. The van der Waals surface area contributed by atoms with Gasteiger partial charge < -0.3 is 10.1 Å². The number of benzene rings is 1. The first-order valence-electron chi connectivity index (χ1n) is 6.85. The highest BCUT2D eigenvalue weighted by atomic mass is 16.5. The van der Waals surface area contributed by atoms with Gasteiger partial charge >= 0.3 is 0 Å². The number of hydrogen-bond acceptors (Lipinski definition) is 2. The lowest BCUT2D eigenvalue weighted by Crippen LogP contribution is -2.30. The van der Waals surface area contributed by atoms with Crippen LogP contribution in [0, 0.1) is 5.92 Å². The Morgan fingerprint density at radius 3 is 2.94 bits per heavy atom. The molecule has 2 nitrogen and oxygen atoms in total. The van der Waals surface area contributed by atoms with Gasteiger partial charge in [0.1, 0.15) is 0 Å². The first kappa shape index (κ1) is 13.3. The van der Waals surface area contributed by atoms with Gasteiger partial charge in [0.15, 0.2) is 0 Å². The van der Waals surface area contributed by atoms with E-state index in [1.807, 2.05) is 6.07 Å². The molecule has 0 amide bonds. The molecule has 18 heavy (non-hydrogen) atoms. The third-order valence-electron chi connectivity index (χ3n) is 3.30. The van der Waals surface area contributed by atoms with Crippen molar-refractivity contribution >= 4 is 6.08 Å². The summed E-state index contributed by atoms with van der Waals surface area (Å²) in [7, 11) is 0. The quantitative estimate of drug-likeness (QED) is 0.860. The van der Waals surface area contributed by atoms with Crippen LogP contribution in [0.1, 0.15) is 25.3 Å². The van der Waals surface area contributed by atoms with E-state index < -0.39 is 0 Å². The van der Waals surface area contributed by atoms with Crippen LogP contribution in [0.4, 0.5) is 0 Å². The van der Waals surface area contributed by atoms with E-state index in [2.05, 4.69) is 42.6 Å². The van der Waals surface area contributed by atoms with Crippen molar-refractivity contribution < 1.29 is 4.74 Å². The summed E-state index contributed by atoms with van der Waals surface area (Å²) in [6.07, 6.45) is 4.75. The Balaban J connectivity index is 1.71. The van der Waals surface area contributed by atoms with Gasteiger partial charge in [-0.2, -0.15) is 0 Å². The third-order valence-corrected chi connectivity index (χ3v) is 3.30. The van der Waals surface area contributed by atoms with Crippen LogP contribution in [0.2, 0.25) is 0 Å². The van der Waals surface area contributed by atoms with E-state index in [4.69, 9.17) is 4.74 Å². The fraction of sp³-hybridized carbons (Fsp3) is 0.500.